The molecular formula is C16H27N3O2. The standard InChI is InChI=1S/C16H27N3O2/c1-2-8-17-14-6-4-3-5-12(14)10-15-18-16(19-21-15)13-7-9-20-11-13/h12-14,17H,2-11H2,1H3. The third-order valence-electron chi connectivity index (χ3n) is 4.78. The molecule has 3 rings (SSSR count). The first-order valence-electron chi connectivity index (χ1n) is 8.50. The molecule has 1 aromatic rings. The van der Waals surface area contributed by atoms with E-state index in [9.17, 15) is 0 Å². The van der Waals surface area contributed by atoms with Crippen molar-refractivity contribution in [3.05, 3.63) is 11.7 Å². The first-order chi connectivity index (χ1) is 10.4. The molecule has 0 spiro atoms. The Morgan fingerprint density at radius 1 is 1.24 bits per heavy atom. The average molecular weight is 293 g/mol. The van der Waals surface area contributed by atoms with E-state index in [1.165, 1.54) is 32.1 Å². The lowest BCUT2D eigenvalue weighted by Gasteiger charge is -2.31. The Kier molecular flexibility index (Phi) is 5.25. The number of rotatable bonds is 6. The normalized spacial score (nSPS) is 29.9. The zero-order valence-corrected chi connectivity index (χ0v) is 13.0. The summed E-state index contributed by atoms with van der Waals surface area (Å²) in [6, 6.07) is 0.615. The second kappa shape index (κ2) is 7.36. The lowest BCUT2D eigenvalue weighted by atomic mass is 9.82. The Morgan fingerprint density at radius 2 is 2.14 bits per heavy atom. The van der Waals surface area contributed by atoms with Crippen molar-refractivity contribution in [3.8, 4) is 0 Å². The van der Waals surface area contributed by atoms with E-state index in [-0.39, 0.29) is 0 Å². The Balaban J connectivity index is 1.58. The molecule has 21 heavy (non-hydrogen) atoms. The van der Waals surface area contributed by atoms with Crippen LogP contribution in [-0.4, -0.2) is 35.9 Å². The van der Waals surface area contributed by atoms with Crippen LogP contribution >= 0.6 is 0 Å². The van der Waals surface area contributed by atoms with Crippen molar-refractivity contribution in [2.75, 3.05) is 19.8 Å². The Labute approximate surface area is 126 Å². The van der Waals surface area contributed by atoms with Crippen LogP contribution in [0.15, 0.2) is 4.52 Å². The summed E-state index contributed by atoms with van der Waals surface area (Å²) in [6.45, 7) is 4.89. The van der Waals surface area contributed by atoms with Crippen molar-refractivity contribution >= 4 is 0 Å². The second-order valence-corrected chi connectivity index (χ2v) is 6.42. The summed E-state index contributed by atoms with van der Waals surface area (Å²) in [7, 11) is 0. The van der Waals surface area contributed by atoms with Crippen LogP contribution in [0.2, 0.25) is 0 Å². The largest absolute Gasteiger partial charge is 0.381 e. The Morgan fingerprint density at radius 3 is 2.95 bits per heavy atom. The average Bonchev–Trinajstić information content (AvgIpc) is 3.17. The quantitative estimate of drug-likeness (QED) is 0.874. The molecule has 118 valence electrons. The number of nitrogens with zero attached hydrogens (tertiary/aromatic N) is 2. The Bertz CT molecular complexity index is 429. The molecule has 2 heterocycles. The third-order valence-corrected chi connectivity index (χ3v) is 4.78. The van der Waals surface area contributed by atoms with Crippen molar-refractivity contribution in [2.24, 2.45) is 5.92 Å². The molecule has 0 bridgehead atoms. The molecule has 1 aliphatic carbocycles. The van der Waals surface area contributed by atoms with Gasteiger partial charge in [-0.1, -0.05) is 24.9 Å². The smallest absolute Gasteiger partial charge is 0.226 e. The van der Waals surface area contributed by atoms with Gasteiger partial charge in [0.25, 0.3) is 0 Å². The lowest BCUT2D eigenvalue weighted by molar-refractivity contribution is 0.192. The highest BCUT2D eigenvalue weighted by molar-refractivity contribution is 4.99. The lowest BCUT2D eigenvalue weighted by Crippen LogP contribution is -2.39. The molecule has 5 heteroatoms. The van der Waals surface area contributed by atoms with E-state index < -0.39 is 0 Å². The first-order valence-corrected chi connectivity index (χ1v) is 8.50. The summed E-state index contributed by atoms with van der Waals surface area (Å²) in [5.74, 6) is 2.63. The zero-order chi connectivity index (χ0) is 14.5. The highest BCUT2D eigenvalue weighted by Crippen LogP contribution is 2.28. The van der Waals surface area contributed by atoms with Gasteiger partial charge in [-0.3, -0.25) is 0 Å². The number of nitrogens with one attached hydrogen (secondary N) is 1. The van der Waals surface area contributed by atoms with E-state index in [1.54, 1.807) is 0 Å². The van der Waals surface area contributed by atoms with Crippen molar-refractivity contribution in [1.29, 1.82) is 0 Å². The van der Waals surface area contributed by atoms with Gasteiger partial charge in [0, 0.05) is 25.0 Å². The predicted octanol–water partition coefficient (Wildman–Crippen LogP) is 2.67. The highest BCUT2D eigenvalue weighted by atomic mass is 16.5. The van der Waals surface area contributed by atoms with Gasteiger partial charge in [0.1, 0.15) is 0 Å². The van der Waals surface area contributed by atoms with Crippen LogP contribution in [0.5, 0.6) is 0 Å². The molecule has 0 radical (unpaired) electrons. The molecule has 3 unspecified atom stereocenters. The van der Waals surface area contributed by atoms with E-state index in [0.29, 0.717) is 17.9 Å². The molecule has 2 fully saturated rings. The molecule has 0 aromatic carbocycles. The van der Waals surface area contributed by atoms with E-state index in [4.69, 9.17) is 9.26 Å². The molecule has 1 saturated carbocycles. The topological polar surface area (TPSA) is 60.2 Å². The van der Waals surface area contributed by atoms with Crippen LogP contribution < -0.4 is 5.32 Å². The summed E-state index contributed by atoms with van der Waals surface area (Å²) in [5.41, 5.74) is 0. The van der Waals surface area contributed by atoms with Gasteiger partial charge >= 0.3 is 0 Å². The van der Waals surface area contributed by atoms with Gasteiger partial charge in [0.2, 0.25) is 5.89 Å². The number of ether oxygens (including phenoxy) is 1. The van der Waals surface area contributed by atoms with Gasteiger partial charge in [-0.15, -0.1) is 0 Å². The zero-order valence-electron chi connectivity index (χ0n) is 13.0. The van der Waals surface area contributed by atoms with Crippen LogP contribution in [-0.2, 0) is 11.2 Å². The summed E-state index contributed by atoms with van der Waals surface area (Å²) in [6.07, 6.45) is 8.34. The minimum Gasteiger partial charge on any atom is -0.381 e. The fourth-order valence-corrected chi connectivity index (χ4v) is 3.53. The summed E-state index contributed by atoms with van der Waals surface area (Å²) < 4.78 is 10.9. The van der Waals surface area contributed by atoms with Crippen molar-refractivity contribution in [3.63, 3.8) is 0 Å². The molecule has 5 nitrogen and oxygen atoms in total. The fraction of sp³-hybridized carbons (Fsp3) is 0.875. The van der Waals surface area contributed by atoms with Gasteiger partial charge in [0.05, 0.1) is 6.61 Å². The number of hydrogen-bond donors (Lipinski definition) is 1. The molecule has 3 atom stereocenters. The molecule has 1 saturated heterocycles. The van der Waals surface area contributed by atoms with Crippen LogP contribution in [0.25, 0.3) is 0 Å². The number of aromatic nitrogens is 2. The summed E-state index contributed by atoms with van der Waals surface area (Å²) in [4.78, 5) is 4.62. The van der Waals surface area contributed by atoms with Crippen molar-refractivity contribution in [1.82, 2.24) is 15.5 Å². The van der Waals surface area contributed by atoms with Crippen LogP contribution in [0.4, 0.5) is 0 Å². The minimum absolute atomic E-state index is 0.336. The van der Waals surface area contributed by atoms with Crippen LogP contribution in [0.3, 0.4) is 0 Å². The maximum atomic E-state index is 5.49. The Hall–Kier alpha value is -0.940. The van der Waals surface area contributed by atoms with E-state index in [0.717, 1.165) is 44.3 Å². The first kappa shape index (κ1) is 15.0. The maximum absolute atomic E-state index is 5.49. The van der Waals surface area contributed by atoms with Crippen LogP contribution in [0.1, 0.15) is 63.1 Å². The van der Waals surface area contributed by atoms with E-state index >= 15 is 0 Å². The second-order valence-electron chi connectivity index (χ2n) is 6.42. The SMILES string of the molecule is CCCNC1CCCCC1Cc1nc(C2CCOC2)no1. The predicted molar refractivity (Wildman–Crippen MR) is 80.2 cm³/mol. The maximum Gasteiger partial charge on any atom is 0.226 e. The van der Waals surface area contributed by atoms with Gasteiger partial charge in [-0.05, 0) is 38.1 Å². The van der Waals surface area contributed by atoms with Gasteiger partial charge in [-0.25, -0.2) is 0 Å². The molecule has 1 aliphatic heterocycles. The van der Waals surface area contributed by atoms with E-state index in [1.807, 2.05) is 0 Å². The summed E-state index contributed by atoms with van der Waals surface area (Å²) >= 11 is 0. The monoisotopic (exact) mass is 293 g/mol. The van der Waals surface area contributed by atoms with Crippen LogP contribution in [0, 0.1) is 5.92 Å². The van der Waals surface area contributed by atoms with Gasteiger partial charge in [0.15, 0.2) is 5.82 Å². The summed E-state index contributed by atoms with van der Waals surface area (Å²) in [5, 5.41) is 7.86. The molecular weight excluding hydrogens is 266 g/mol. The molecule has 1 N–H and O–H groups in total. The van der Waals surface area contributed by atoms with Crippen molar-refractivity contribution in [2.45, 2.75) is 63.8 Å². The highest BCUT2D eigenvalue weighted by Gasteiger charge is 2.28. The fourth-order valence-electron chi connectivity index (χ4n) is 3.53. The number of hydrogen-bond acceptors (Lipinski definition) is 5. The van der Waals surface area contributed by atoms with Crippen molar-refractivity contribution < 1.29 is 9.26 Å². The van der Waals surface area contributed by atoms with Gasteiger partial charge < -0.3 is 14.6 Å². The van der Waals surface area contributed by atoms with E-state index in [2.05, 4.69) is 22.4 Å². The van der Waals surface area contributed by atoms with Gasteiger partial charge in [-0.2, -0.15) is 4.98 Å². The molecule has 1 aromatic heterocycles. The minimum atomic E-state index is 0.336. The molecule has 2 aliphatic rings. The third kappa shape index (κ3) is 3.83. The molecule has 0 amide bonds.